The molecule has 0 fully saturated rings. The first-order chi connectivity index (χ1) is 43.9. The van der Waals surface area contributed by atoms with Crippen molar-refractivity contribution in [1.29, 1.82) is 0 Å². The summed E-state index contributed by atoms with van der Waals surface area (Å²) >= 11 is 0. The fourth-order valence-corrected chi connectivity index (χ4v) is 12.0. The highest BCUT2D eigenvalue weighted by Gasteiger charge is 2.30. The van der Waals surface area contributed by atoms with Gasteiger partial charge in [0.15, 0.2) is 12.2 Å². The van der Waals surface area contributed by atoms with Gasteiger partial charge in [0, 0.05) is 25.7 Å². The highest BCUT2D eigenvalue weighted by molar-refractivity contribution is 7.47. The molecule has 0 radical (unpaired) electrons. The molecular formula is C72H136O17P2. The molecule has 5 atom stereocenters. The van der Waals surface area contributed by atoms with E-state index in [-0.39, 0.29) is 25.7 Å². The van der Waals surface area contributed by atoms with Crippen molar-refractivity contribution >= 4 is 39.5 Å². The summed E-state index contributed by atoms with van der Waals surface area (Å²) in [5, 5.41) is 10.6. The second-order valence-corrected chi connectivity index (χ2v) is 29.2. The molecule has 0 heterocycles. The van der Waals surface area contributed by atoms with Gasteiger partial charge in [-0.05, 0) is 63.2 Å². The van der Waals surface area contributed by atoms with E-state index in [0.29, 0.717) is 25.7 Å². The van der Waals surface area contributed by atoms with Gasteiger partial charge in [-0.15, -0.1) is 0 Å². The van der Waals surface area contributed by atoms with Crippen molar-refractivity contribution < 1.29 is 80.2 Å². The largest absolute Gasteiger partial charge is 0.472 e. The smallest absolute Gasteiger partial charge is 0.462 e. The summed E-state index contributed by atoms with van der Waals surface area (Å²) in [7, 11) is -9.91. The van der Waals surface area contributed by atoms with Gasteiger partial charge in [-0.25, -0.2) is 9.13 Å². The minimum atomic E-state index is -4.96. The quantitative estimate of drug-likeness (QED) is 0.0169. The predicted molar refractivity (Wildman–Crippen MR) is 367 cm³/mol. The molecule has 2 unspecified atom stereocenters. The number of carbonyl (C=O) groups is 4. The van der Waals surface area contributed by atoms with Crippen LogP contribution in [0.5, 0.6) is 0 Å². The molecule has 0 aromatic carbocycles. The monoisotopic (exact) mass is 1330 g/mol. The third-order valence-corrected chi connectivity index (χ3v) is 18.0. The molecule has 0 saturated carbocycles. The maximum Gasteiger partial charge on any atom is 0.472 e. The summed E-state index contributed by atoms with van der Waals surface area (Å²) in [4.78, 5) is 72.3. The van der Waals surface area contributed by atoms with E-state index < -0.39 is 97.5 Å². The van der Waals surface area contributed by atoms with Crippen LogP contribution >= 0.6 is 15.6 Å². The number of aliphatic hydroxyl groups is 1. The van der Waals surface area contributed by atoms with Crippen LogP contribution in [0.3, 0.4) is 0 Å². The van der Waals surface area contributed by atoms with E-state index in [1.165, 1.54) is 135 Å². The molecule has 536 valence electrons. The van der Waals surface area contributed by atoms with Gasteiger partial charge >= 0.3 is 39.5 Å². The lowest BCUT2D eigenvalue weighted by Crippen LogP contribution is -2.30. The lowest BCUT2D eigenvalue weighted by Gasteiger charge is -2.21. The van der Waals surface area contributed by atoms with Gasteiger partial charge in [0.1, 0.15) is 19.3 Å². The average molecular weight is 1340 g/mol. The molecule has 0 aromatic rings. The SMILES string of the molecule is CCCCCC/C=C\C=C/CCCCCCCC(=O)OC[C@H](COP(=O)(O)OC[C@@H](O)COP(=O)(O)OC[C@@H](COC(=O)CCCCCCC)OC(=O)CCCCCCCCCCCC(C)C)OC(=O)CCCCCCCCCCCCCCCCCCC(C)C. The van der Waals surface area contributed by atoms with Gasteiger partial charge in [-0.1, -0.05) is 291 Å². The van der Waals surface area contributed by atoms with Gasteiger partial charge in [0.05, 0.1) is 26.4 Å². The predicted octanol–water partition coefficient (Wildman–Crippen LogP) is 20.3. The Kier molecular flexibility index (Phi) is 61.9. The number of rotatable bonds is 69. The third-order valence-electron chi connectivity index (χ3n) is 16.1. The highest BCUT2D eigenvalue weighted by Crippen LogP contribution is 2.45. The highest BCUT2D eigenvalue weighted by atomic mass is 31.2. The Morgan fingerprint density at radius 3 is 0.901 bits per heavy atom. The van der Waals surface area contributed by atoms with Crippen LogP contribution < -0.4 is 0 Å². The Hall–Kier alpha value is -2.46. The van der Waals surface area contributed by atoms with E-state index >= 15 is 0 Å². The number of carbonyl (C=O) groups excluding carboxylic acids is 4. The minimum absolute atomic E-state index is 0.101. The van der Waals surface area contributed by atoms with Crippen molar-refractivity contribution in [2.75, 3.05) is 39.6 Å². The molecule has 91 heavy (non-hydrogen) atoms. The molecule has 0 aromatic heterocycles. The van der Waals surface area contributed by atoms with Gasteiger partial charge in [-0.3, -0.25) is 37.3 Å². The van der Waals surface area contributed by atoms with Crippen LogP contribution in [0.25, 0.3) is 0 Å². The lowest BCUT2D eigenvalue weighted by molar-refractivity contribution is -0.161. The fraction of sp³-hybridized carbons (Fsp3) is 0.889. The number of esters is 4. The number of aliphatic hydroxyl groups excluding tert-OH is 1. The molecule has 0 bridgehead atoms. The molecule has 3 N–H and O–H groups in total. The molecule has 0 amide bonds. The summed E-state index contributed by atoms with van der Waals surface area (Å²) in [6.07, 6.45) is 52.6. The Morgan fingerprint density at radius 2 is 0.593 bits per heavy atom. The van der Waals surface area contributed by atoms with E-state index in [1.54, 1.807) is 0 Å². The van der Waals surface area contributed by atoms with Crippen LogP contribution in [-0.4, -0.2) is 96.7 Å². The maximum absolute atomic E-state index is 13.0. The van der Waals surface area contributed by atoms with Gasteiger partial charge in [-0.2, -0.15) is 0 Å². The molecular weight excluding hydrogens is 1200 g/mol. The van der Waals surface area contributed by atoms with Crippen LogP contribution in [-0.2, 0) is 65.4 Å². The zero-order valence-electron chi connectivity index (χ0n) is 58.6. The molecule has 19 heteroatoms. The Balaban J connectivity index is 5.18. The Bertz CT molecular complexity index is 1860. The fourth-order valence-electron chi connectivity index (χ4n) is 10.4. The summed E-state index contributed by atoms with van der Waals surface area (Å²) in [5.41, 5.74) is 0. The van der Waals surface area contributed by atoms with Crippen LogP contribution in [0.1, 0.15) is 343 Å². The second-order valence-electron chi connectivity index (χ2n) is 26.2. The maximum atomic E-state index is 13.0. The number of phosphoric acid groups is 2. The number of ether oxygens (including phenoxy) is 4. The molecule has 0 saturated heterocycles. The van der Waals surface area contributed by atoms with E-state index in [1.807, 2.05) is 0 Å². The first-order valence-corrected chi connectivity index (χ1v) is 39.8. The summed E-state index contributed by atoms with van der Waals surface area (Å²) in [6, 6.07) is 0. The summed E-state index contributed by atoms with van der Waals surface area (Å²) in [5.74, 6) is -0.621. The molecule has 0 rings (SSSR count). The first-order valence-electron chi connectivity index (χ1n) is 36.8. The van der Waals surface area contributed by atoms with Gasteiger partial charge in [0.25, 0.3) is 0 Å². The zero-order chi connectivity index (χ0) is 67.2. The minimum Gasteiger partial charge on any atom is -0.462 e. The molecule has 0 aliphatic carbocycles. The van der Waals surface area contributed by atoms with Crippen molar-refractivity contribution in [3.8, 4) is 0 Å². The van der Waals surface area contributed by atoms with Crippen molar-refractivity contribution in [3.05, 3.63) is 24.3 Å². The average Bonchev–Trinajstić information content (AvgIpc) is 3.29. The van der Waals surface area contributed by atoms with Gasteiger partial charge < -0.3 is 33.8 Å². The van der Waals surface area contributed by atoms with E-state index in [2.05, 4.69) is 65.8 Å². The van der Waals surface area contributed by atoms with E-state index in [0.717, 1.165) is 127 Å². The van der Waals surface area contributed by atoms with Crippen molar-refractivity contribution in [2.24, 2.45) is 11.8 Å². The van der Waals surface area contributed by atoms with Crippen LogP contribution in [0.15, 0.2) is 24.3 Å². The first kappa shape index (κ1) is 88.5. The normalized spacial score (nSPS) is 14.3. The Morgan fingerprint density at radius 1 is 0.341 bits per heavy atom. The standard InChI is InChI=1S/C72H136O17P2/c1-7-9-11-13-14-15-16-17-20-24-27-32-37-43-49-55-70(75)83-61-68(89-71(76)56-50-44-38-33-28-25-22-19-18-21-23-26-30-35-41-46-52-64(3)4)63-87-91(80,81)85-59-66(73)58-84-90(78,79)86-62-67(60-82-69(74)54-48-40-12-10-8-2)88-72(77)57-51-45-39-34-29-31-36-42-47-53-65(5)6/h15-17,20,64-68,73H,7-14,18-19,21-63H2,1-6H3,(H,78,79)(H,80,81)/b16-15-,20-17-/t66-,67+,68+/m0/s1. The summed E-state index contributed by atoms with van der Waals surface area (Å²) in [6.45, 7) is 9.41. The molecule has 0 spiro atoms. The molecule has 0 aliphatic rings. The van der Waals surface area contributed by atoms with E-state index in [9.17, 15) is 43.2 Å². The van der Waals surface area contributed by atoms with Crippen LogP contribution in [0, 0.1) is 11.8 Å². The second kappa shape index (κ2) is 63.6. The van der Waals surface area contributed by atoms with E-state index in [4.69, 9.17) is 37.0 Å². The van der Waals surface area contributed by atoms with Crippen molar-refractivity contribution in [3.63, 3.8) is 0 Å². The number of allylic oxidation sites excluding steroid dienone is 4. The molecule has 17 nitrogen and oxygen atoms in total. The topological polar surface area (TPSA) is 237 Å². The van der Waals surface area contributed by atoms with Crippen LogP contribution in [0.4, 0.5) is 0 Å². The molecule has 0 aliphatic heterocycles. The Labute approximate surface area is 554 Å². The number of phosphoric ester groups is 2. The third kappa shape index (κ3) is 66.0. The van der Waals surface area contributed by atoms with Crippen molar-refractivity contribution in [1.82, 2.24) is 0 Å². The van der Waals surface area contributed by atoms with Gasteiger partial charge in [0.2, 0.25) is 0 Å². The lowest BCUT2D eigenvalue weighted by atomic mass is 10.0. The summed E-state index contributed by atoms with van der Waals surface area (Å²) < 4.78 is 68.1. The number of hydrogen-bond donors (Lipinski definition) is 3. The van der Waals surface area contributed by atoms with Crippen molar-refractivity contribution in [2.45, 2.75) is 362 Å². The number of hydrogen-bond acceptors (Lipinski definition) is 15. The zero-order valence-corrected chi connectivity index (χ0v) is 60.4. The number of unbranched alkanes of at least 4 members (excludes halogenated alkanes) is 36. The van der Waals surface area contributed by atoms with Crippen LogP contribution in [0.2, 0.25) is 0 Å².